The second kappa shape index (κ2) is 7.73. The Morgan fingerprint density at radius 1 is 0.909 bits per heavy atom. The van der Waals surface area contributed by atoms with Gasteiger partial charge in [-0.25, -0.2) is 0 Å². The predicted octanol–water partition coefficient (Wildman–Crippen LogP) is 1.74. The summed E-state index contributed by atoms with van der Waals surface area (Å²) in [5.74, 6) is -0.193. The number of amides is 1. The molecule has 4 heteroatoms. The molecule has 0 aliphatic carbocycles. The van der Waals surface area contributed by atoms with E-state index in [0.717, 1.165) is 24.0 Å². The van der Waals surface area contributed by atoms with Crippen LogP contribution in [0.3, 0.4) is 0 Å². The Kier molecular flexibility index (Phi) is 5.69. The summed E-state index contributed by atoms with van der Waals surface area (Å²) in [6, 6.07) is 18.9. The van der Waals surface area contributed by atoms with Crippen molar-refractivity contribution in [2.45, 2.75) is 18.4 Å². The number of rotatable bonds is 7. The lowest BCUT2D eigenvalue weighted by Crippen LogP contribution is -2.52. The SMILES string of the molecule is NCCCCNC(=O)C(N)(c1ccccc1)c1ccccc1. The van der Waals surface area contributed by atoms with Gasteiger partial charge in [-0.3, -0.25) is 4.79 Å². The molecule has 0 unspecified atom stereocenters. The molecule has 5 N–H and O–H groups in total. The van der Waals surface area contributed by atoms with Crippen LogP contribution in [0.15, 0.2) is 60.7 Å². The first-order chi connectivity index (χ1) is 10.7. The van der Waals surface area contributed by atoms with Gasteiger partial charge in [-0.2, -0.15) is 0 Å². The standard InChI is InChI=1S/C18H23N3O/c19-13-7-8-14-21-17(22)18(20,15-9-3-1-4-10-15)16-11-5-2-6-12-16/h1-6,9-12H,7-8,13-14,19-20H2,(H,21,22). The lowest BCUT2D eigenvalue weighted by atomic mass is 9.83. The maximum atomic E-state index is 12.8. The zero-order valence-electron chi connectivity index (χ0n) is 12.7. The van der Waals surface area contributed by atoms with E-state index in [9.17, 15) is 4.79 Å². The van der Waals surface area contributed by atoms with E-state index in [1.807, 2.05) is 60.7 Å². The molecule has 2 aromatic rings. The molecule has 2 rings (SSSR count). The van der Waals surface area contributed by atoms with Crippen LogP contribution in [-0.4, -0.2) is 19.0 Å². The quantitative estimate of drug-likeness (QED) is 0.681. The smallest absolute Gasteiger partial charge is 0.249 e. The van der Waals surface area contributed by atoms with Gasteiger partial charge in [0.2, 0.25) is 5.91 Å². The van der Waals surface area contributed by atoms with E-state index in [1.54, 1.807) is 0 Å². The number of nitrogens with two attached hydrogens (primary N) is 2. The lowest BCUT2D eigenvalue weighted by Gasteiger charge is -2.29. The average molecular weight is 297 g/mol. The third-order valence-corrected chi connectivity index (χ3v) is 3.73. The van der Waals surface area contributed by atoms with Crippen molar-refractivity contribution in [3.63, 3.8) is 0 Å². The van der Waals surface area contributed by atoms with Gasteiger partial charge >= 0.3 is 0 Å². The minimum Gasteiger partial charge on any atom is -0.354 e. The Hall–Kier alpha value is -2.17. The van der Waals surface area contributed by atoms with Crippen LogP contribution in [0.1, 0.15) is 24.0 Å². The highest BCUT2D eigenvalue weighted by molar-refractivity contribution is 5.91. The fourth-order valence-corrected chi connectivity index (χ4v) is 2.44. The van der Waals surface area contributed by atoms with Crippen molar-refractivity contribution in [2.24, 2.45) is 11.5 Å². The first-order valence-corrected chi connectivity index (χ1v) is 7.58. The summed E-state index contributed by atoms with van der Waals surface area (Å²) in [7, 11) is 0. The van der Waals surface area contributed by atoms with Crippen LogP contribution in [0.5, 0.6) is 0 Å². The van der Waals surface area contributed by atoms with Gasteiger partial charge in [0, 0.05) is 6.54 Å². The molecule has 0 saturated heterocycles. The number of carbonyl (C=O) groups excluding carboxylic acids is 1. The fraction of sp³-hybridized carbons (Fsp3) is 0.278. The molecule has 0 atom stereocenters. The maximum absolute atomic E-state index is 12.8. The van der Waals surface area contributed by atoms with E-state index in [0.29, 0.717) is 13.1 Å². The van der Waals surface area contributed by atoms with Crippen molar-refractivity contribution in [3.8, 4) is 0 Å². The predicted molar refractivity (Wildman–Crippen MR) is 89.1 cm³/mol. The number of hydrogen-bond acceptors (Lipinski definition) is 3. The molecule has 0 spiro atoms. The van der Waals surface area contributed by atoms with E-state index in [2.05, 4.69) is 5.32 Å². The molecule has 0 aliphatic heterocycles. The molecule has 0 aromatic heterocycles. The lowest BCUT2D eigenvalue weighted by molar-refractivity contribution is -0.125. The van der Waals surface area contributed by atoms with Crippen molar-refractivity contribution in [1.29, 1.82) is 0 Å². The van der Waals surface area contributed by atoms with Gasteiger partial charge in [0.05, 0.1) is 0 Å². The van der Waals surface area contributed by atoms with E-state index in [1.165, 1.54) is 0 Å². The molecule has 0 heterocycles. The molecule has 1 amide bonds. The third-order valence-electron chi connectivity index (χ3n) is 3.73. The van der Waals surface area contributed by atoms with Crippen molar-refractivity contribution in [3.05, 3.63) is 71.8 Å². The van der Waals surface area contributed by atoms with Gasteiger partial charge in [-0.1, -0.05) is 60.7 Å². The van der Waals surface area contributed by atoms with Crippen LogP contribution in [0.25, 0.3) is 0 Å². The molecule has 22 heavy (non-hydrogen) atoms. The molecular weight excluding hydrogens is 274 g/mol. The van der Waals surface area contributed by atoms with Gasteiger partial charge in [0.1, 0.15) is 5.54 Å². The van der Waals surface area contributed by atoms with E-state index < -0.39 is 5.54 Å². The summed E-state index contributed by atoms with van der Waals surface area (Å²) < 4.78 is 0. The van der Waals surface area contributed by atoms with Crippen molar-refractivity contribution >= 4 is 5.91 Å². The molecule has 0 aliphatic rings. The van der Waals surface area contributed by atoms with Gasteiger partial charge < -0.3 is 16.8 Å². The van der Waals surface area contributed by atoms with Gasteiger partial charge in [0.15, 0.2) is 0 Å². The van der Waals surface area contributed by atoms with Crippen LogP contribution >= 0.6 is 0 Å². The Balaban J connectivity index is 2.28. The van der Waals surface area contributed by atoms with Crippen LogP contribution in [-0.2, 0) is 10.3 Å². The van der Waals surface area contributed by atoms with Crippen LogP contribution in [0.4, 0.5) is 0 Å². The summed E-state index contributed by atoms with van der Waals surface area (Å²) in [6.45, 7) is 1.20. The maximum Gasteiger partial charge on any atom is 0.249 e. The van der Waals surface area contributed by atoms with E-state index in [4.69, 9.17) is 11.5 Å². The molecule has 0 radical (unpaired) electrons. The number of hydrogen-bond donors (Lipinski definition) is 3. The second-order valence-corrected chi connectivity index (χ2v) is 5.29. The molecule has 4 nitrogen and oxygen atoms in total. The second-order valence-electron chi connectivity index (χ2n) is 5.29. The molecule has 0 saturated carbocycles. The fourth-order valence-electron chi connectivity index (χ4n) is 2.44. The first-order valence-electron chi connectivity index (χ1n) is 7.58. The first kappa shape index (κ1) is 16.2. The monoisotopic (exact) mass is 297 g/mol. The van der Waals surface area contributed by atoms with Gasteiger partial charge in [-0.15, -0.1) is 0 Å². The Morgan fingerprint density at radius 3 is 1.86 bits per heavy atom. The molecular formula is C18H23N3O. The van der Waals surface area contributed by atoms with Crippen molar-refractivity contribution in [1.82, 2.24) is 5.32 Å². The highest BCUT2D eigenvalue weighted by Gasteiger charge is 2.37. The van der Waals surface area contributed by atoms with E-state index >= 15 is 0 Å². The van der Waals surface area contributed by atoms with Gasteiger partial charge in [-0.05, 0) is 30.5 Å². The van der Waals surface area contributed by atoms with Crippen LogP contribution in [0.2, 0.25) is 0 Å². The molecule has 116 valence electrons. The Morgan fingerprint density at radius 2 is 1.41 bits per heavy atom. The summed E-state index contributed by atoms with van der Waals surface area (Å²) in [5.41, 5.74) is 12.4. The molecule has 0 fully saturated rings. The number of benzene rings is 2. The molecule has 0 bridgehead atoms. The van der Waals surface area contributed by atoms with Crippen molar-refractivity contribution in [2.75, 3.05) is 13.1 Å². The highest BCUT2D eigenvalue weighted by Crippen LogP contribution is 2.27. The summed E-state index contributed by atoms with van der Waals surface area (Å²) in [4.78, 5) is 12.8. The minimum atomic E-state index is -1.19. The topological polar surface area (TPSA) is 81.1 Å². The van der Waals surface area contributed by atoms with E-state index in [-0.39, 0.29) is 5.91 Å². The third kappa shape index (κ3) is 3.53. The normalized spacial score (nSPS) is 11.2. The zero-order valence-corrected chi connectivity index (χ0v) is 12.7. The zero-order chi connectivity index (χ0) is 15.8. The minimum absolute atomic E-state index is 0.193. The summed E-state index contributed by atoms with van der Waals surface area (Å²) in [6.07, 6.45) is 1.73. The highest BCUT2D eigenvalue weighted by atomic mass is 16.2. The summed E-state index contributed by atoms with van der Waals surface area (Å²) >= 11 is 0. The molecule has 2 aromatic carbocycles. The van der Waals surface area contributed by atoms with Crippen LogP contribution < -0.4 is 16.8 Å². The van der Waals surface area contributed by atoms with Gasteiger partial charge in [0.25, 0.3) is 0 Å². The Bertz CT molecular complexity index is 544. The number of unbranched alkanes of at least 4 members (excludes halogenated alkanes) is 1. The van der Waals surface area contributed by atoms with Crippen LogP contribution in [0, 0.1) is 0 Å². The Labute approximate surface area is 131 Å². The number of carbonyl (C=O) groups is 1. The number of nitrogens with one attached hydrogen (secondary N) is 1. The van der Waals surface area contributed by atoms with Crippen molar-refractivity contribution < 1.29 is 4.79 Å². The average Bonchev–Trinajstić information content (AvgIpc) is 2.59. The summed E-state index contributed by atoms with van der Waals surface area (Å²) in [5, 5.41) is 2.94. The largest absolute Gasteiger partial charge is 0.354 e.